The molecule has 4 N–H and O–H groups in total. The fourth-order valence-corrected chi connectivity index (χ4v) is 3.07. The second-order valence-corrected chi connectivity index (χ2v) is 6.11. The maximum absolute atomic E-state index is 12.5. The number of methoxy groups -OCH3 is 1. The highest BCUT2D eigenvalue weighted by molar-refractivity contribution is 5.91. The van der Waals surface area contributed by atoms with Crippen molar-refractivity contribution in [3.8, 4) is 28.6 Å². The monoisotopic (exact) mass is 387 g/mol. The van der Waals surface area contributed by atoms with Crippen LogP contribution in [0.1, 0.15) is 0 Å². The summed E-state index contributed by atoms with van der Waals surface area (Å²) in [7, 11) is 1.32. The molecule has 3 rings (SSSR count). The lowest BCUT2D eigenvalue weighted by Gasteiger charge is -2.23. The summed E-state index contributed by atoms with van der Waals surface area (Å²) in [5.74, 6) is -0.539. The van der Waals surface area contributed by atoms with E-state index in [9.17, 15) is 15.0 Å². The number of hydrogen-bond acceptors (Lipinski definition) is 8. The van der Waals surface area contributed by atoms with Crippen LogP contribution in [0.25, 0.3) is 22.3 Å². The Morgan fingerprint density at radius 2 is 1.64 bits per heavy atom. The maximum Gasteiger partial charge on any atom is 0.204 e. The number of phenolic OH excluding ortho intramolecular Hbond substituents is 2. The minimum Gasteiger partial charge on any atom is -0.507 e. The van der Waals surface area contributed by atoms with Gasteiger partial charge in [0.1, 0.15) is 16.9 Å². The minimum absolute atomic E-state index is 0.0413. The van der Waals surface area contributed by atoms with Gasteiger partial charge in [-0.2, -0.15) is 0 Å². The molecule has 28 heavy (non-hydrogen) atoms. The first kappa shape index (κ1) is 19.5. The summed E-state index contributed by atoms with van der Waals surface area (Å²) in [4.78, 5) is 14.3. The van der Waals surface area contributed by atoms with Gasteiger partial charge in [-0.1, -0.05) is 0 Å². The van der Waals surface area contributed by atoms with Crippen LogP contribution >= 0.6 is 0 Å². The second kappa shape index (κ2) is 8.20. The summed E-state index contributed by atoms with van der Waals surface area (Å²) in [5.41, 5.74) is 0.871. The van der Waals surface area contributed by atoms with Gasteiger partial charge in [0.25, 0.3) is 0 Å². The van der Waals surface area contributed by atoms with Crippen LogP contribution in [0.5, 0.6) is 17.2 Å². The zero-order valence-electron chi connectivity index (χ0n) is 15.3. The minimum atomic E-state index is -0.474. The topological polar surface area (TPSA) is 124 Å². The zero-order chi connectivity index (χ0) is 20.3. The van der Waals surface area contributed by atoms with E-state index in [0.29, 0.717) is 18.7 Å². The van der Waals surface area contributed by atoms with Crippen LogP contribution in [0.15, 0.2) is 45.6 Å². The van der Waals surface area contributed by atoms with Crippen LogP contribution in [-0.4, -0.2) is 53.8 Å². The van der Waals surface area contributed by atoms with Crippen molar-refractivity contribution in [2.45, 2.75) is 0 Å². The van der Waals surface area contributed by atoms with Crippen molar-refractivity contribution in [2.24, 2.45) is 0 Å². The predicted octanol–water partition coefficient (Wildman–Crippen LogP) is 1.67. The van der Waals surface area contributed by atoms with E-state index >= 15 is 0 Å². The molecule has 0 fully saturated rings. The summed E-state index contributed by atoms with van der Waals surface area (Å²) in [6, 6.07) is 9.31. The first-order valence-corrected chi connectivity index (χ1v) is 8.64. The molecule has 0 aliphatic carbocycles. The molecule has 0 amide bonds. The molecule has 0 aliphatic rings. The molecule has 0 saturated carbocycles. The maximum atomic E-state index is 12.5. The molecular weight excluding hydrogens is 366 g/mol. The number of fused-ring (bicyclic) bond motifs is 1. The largest absolute Gasteiger partial charge is 0.507 e. The van der Waals surface area contributed by atoms with Crippen molar-refractivity contribution in [3.63, 3.8) is 0 Å². The standard InChI is InChI=1S/C20H21NO7/c1-27-19-16(26)10-14(24)18-15(25)11-17(28-20(18)19)12-2-4-13(5-3-12)21(6-8-22)7-9-23/h2-5,10-11,22-24,26H,6-9H2,1H3. The Morgan fingerprint density at radius 3 is 2.21 bits per heavy atom. The average Bonchev–Trinajstić information content (AvgIpc) is 2.67. The van der Waals surface area contributed by atoms with Gasteiger partial charge in [0.2, 0.25) is 5.75 Å². The van der Waals surface area contributed by atoms with E-state index in [0.717, 1.165) is 11.8 Å². The molecule has 8 nitrogen and oxygen atoms in total. The highest BCUT2D eigenvalue weighted by Crippen LogP contribution is 2.40. The number of aliphatic hydroxyl groups excluding tert-OH is 2. The van der Waals surface area contributed by atoms with Gasteiger partial charge in [0.15, 0.2) is 16.8 Å². The number of aliphatic hydroxyl groups is 2. The molecule has 0 saturated heterocycles. The normalized spacial score (nSPS) is 11.0. The Kier molecular flexibility index (Phi) is 5.72. The highest BCUT2D eigenvalue weighted by Gasteiger charge is 2.19. The van der Waals surface area contributed by atoms with Crippen LogP contribution in [0.3, 0.4) is 0 Å². The van der Waals surface area contributed by atoms with E-state index in [1.807, 2.05) is 4.90 Å². The van der Waals surface area contributed by atoms with Crippen LogP contribution in [0.2, 0.25) is 0 Å². The summed E-state index contributed by atoms with van der Waals surface area (Å²) >= 11 is 0. The van der Waals surface area contributed by atoms with E-state index in [1.54, 1.807) is 24.3 Å². The number of anilines is 1. The summed E-state index contributed by atoms with van der Waals surface area (Å²) in [5, 5.41) is 38.2. The van der Waals surface area contributed by atoms with Crippen molar-refractivity contribution in [1.29, 1.82) is 0 Å². The molecule has 148 valence electrons. The molecule has 0 radical (unpaired) electrons. The molecule has 1 heterocycles. The first-order valence-electron chi connectivity index (χ1n) is 8.64. The number of hydrogen-bond donors (Lipinski definition) is 4. The summed E-state index contributed by atoms with van der Waals surface area (Å²) < 4.78 is 10.9. The van der Waals surface area contributed by atoms with Crippen LogP contribution in [0, 0.1) is 0 Å². The molecule has 8 heteroatoms. The Hall–Kier alpha value is -3.23. The lowest BCUT2D eigenvalue weighted by atomic mass is 10.1. The molecular formula is C20H21NO7. The quantitative estimate of drug-likeness (QED) is 0.483. The summed E-state index contributed by atoms with van der Waals surface area (Å²) in [6.07, 6.45) is 0. The molecule has 0 spiro atoms. The van der Waals surface area contributed by atoms with Gasteiger partial charge in [-0.25, -0.2) is 0 Å². The molecule has 0 aliphatic heterocycles. The highest BCUT2D eigenvalue weighted by atomic mass is 16.5. The number of benzene rings is 2. The van der Waals surface area contributed by atoms with E-state index < -0.39 is 11.2 Å². The van der Waals surface area contributed by atoms with Crippen LogP contribution < -0.4 is 15.1 Å². The SMILES string of the molecule is COc1c(O)cc(O)c2c(=O)cc(-c3ccc(N(CCO)CCO)cc3)oc12. The number of nitrogens with zero attached hydrogens (tertiary/aromatic N) is 1. The van der Waals surface area contributed by atoms with Crippen LogP contribution in [-0.2, 0) is 0 Å². The van der Waals surface area contributed by atoms with Gasteiger partial charge >= 0.3 is 0 Å². The summed E-state index contributed by atoms with van der Waals surface area (Å²) in [6.45, 7) is 0.656. The van der Waals surface area contributed by atoms with Gasteiger partial charge in [0.05, 0.1) is 20.3 Å². The number of rotatable bonds is 7. The van der Waals surface area contributed by atoms with Gasteiger partial charge in [-0.3, -0.25) is 4.79 Å². The van der Waals surface area contributed by atoms with Crippen molar-refractivity contribution in [1.82, 2.24) is 0 Å². The third-order valence-electron chi connectivity index (χ3n) is 4.38. The number of phenols is 2. The molecule has 0 atom stereocenters. The van der Waals surface area contributed by atoms with E-state index in [2.05, 4.69) is 0 Å². The van der Waals surface area contributed by atoms with E-state index in [4.69, 9.17) is 19.4 Å². The van der Waals surface area contributed by atoms with Gasteiger partial charge in [-0.05, 0) is 24.3 Å². The number of ether oxygens (including phenoxy) is 1. The lowest BCUT2D eigenvalue weighted by Crippen LogP contribution is -2.29. The Labute approximate surface area is 160 Å². The van der Waals surface area contributed by atoms with Crippen LogP contribution in [0.4, 0.5) is 5.69 Å². The number of aromatic hydroxyl groups is 2. The van der Waals surface area contributed by atoms with Crippen molar-refractivity contribution in [3.05, 3.63) is 46.6 Å². The predicted molar refractivity (Wildman–Crippen MR) is 104 cm³/mol. The third kappa shape index (κ3) is 3.60. The fraction of sp³-hybridized carbons (Fsp3) is 0.250. The first-order chi connectivity index (χ1) is 13.5. The van der Waals surface area contributed by atoms with Gasteiger partial charge in [-0.15, -0.1) is 0 Å². The van der Waals surface area contributed by atoms with Crippen molar-refractivity contribution >= 4 is 16.7 Å². The Balaban J connectivity index is 2.08. The molecule has 1 aromatic heterocycles. The second-order valence-electron chi connectivity index (χ2n) is 6.11. The third-order valence-corrected chi connectivity index (χ3v) is 4.38. The van der Waals surface area contributed by atoms with E-state index in [1.165, 1.54) is 13.2 Å². The zero-order valence-corrected chi connectivity index (χ0v) is 15.3. The molecule has 0 unspecified atom stereocenters. The average molecular weight is 387 g/mol. The molecule has 2 aromatic carbocycles. The Bertz CT molecular complexity index is 1020. The molecule has 3 aromatic rings. The van der Waals surface area contributed by atoms with E-state index in [-0.39, 0.29) is 41.4 Å². The fourth-order valence-electron chi connectivity index (χ4n) is 3.07. The van der Waals surface area contributed by atoms with Crippen molar-refractivity contribution < 1.29 is 29.6 Å². The Morgan fingerprint density at radius 1 is 1.00 bits per heavy atom. The van der Waals surface area contributed by atoms with Crippen molar-refractivity contribution in [2.75, 3.05) is 38.3 Å². The lowest BCUT2D eigenvalue weighted by molar-refractivity contribution is 0.281. The van der Waals surface area contributed by atoms with Gasteiger partial charge < -0.3 is 34.5 Å². The van der Waals surface area contributed by atoms with Gasteiger partial charge in [0, 0.05) is 36.5 Å². The molecule has 0 bridgehead atoms. The smallest absolute Gasteiger partial charge is 0.204 e.